The van der Waals surface area contributed by atoms with Crippen molar-refractivity contribution in [2.75, 3.05) is 31.1 Å². The molecule has 1 unspecified atom stereocenters. The lowest BCUT2D eigenvalue weighted by molar-refractivity contribution is 0.197. The van der Waals surface area contributed by atoms with Gasteiger partial charge in [-0.25, -0.2) is 4.98 Å². The van der Waals surface area contributed by atoms with Crippen molar-refractivity contribution in [2.24, 2.45) is 0 Å². The molecule has 1 fully saturated rings. The highest BCUT2D eigenvalue weighted by Crippen LogP contribution is 2.25. The predicted octanol–water partition coefficient (Wildman–Crippen LogP) is 2.84. The van der Waals surface area contributed by atoms with Crippen LogP contribution in [0.4, 0.5) is 5.95 Å². The highest BCUT2D eigenvalue weighted by atomic mass is 32.1. The Kier molecular flexibility index (Phi) is 6.25. The molecule has 3 aromatic rings. The minimum absolute atomic E-state index is 0.374. The summed E-state index contributed by atoms with van der Waals surface area (Å²) >= 11 is 1.74. The Hall–Kier alpha value is -2.26. The fourth-order valence-electron chi connectivity index (χ4n) is 4.01. The van der Waals surface area contributed by atoms with Gasteiger partial charge in [0.05, 0.1) is 12.2 Å². The molecule has 4 heterocycles. The van der Waals surface area contributed by atoms with Gasteiger partial charge in [-0.2, -0.15) is 5.10 Å². The summed E-state index contributed by atoms with van der Waals surface area (Å²) in [6.07, 6.45) is 6.80. The summed E-state index contributed by atoms with van der Waals surface area (Å²) in [5, 5.41) is 19.4. The highest BCUT2D eigenvalue weighted by molar-refractivity contribution is 7.09. The van der Waals surface area contributed by atoms with Gasteiger partial charge >= 0.3 is 0 Å². The number of piperazine rings is 1. The molecule has 3 aromatic heterocycles. The van der Waals surface area contributed by atoms with Crippen molar-refractivity contribution >= 4 is 17.3 Å². The van der Waals surface area contributed by atoms with E-state index >= 15 is 0 Å². The zero-order valence-electron chi connectivity index (χ0n) is 17.5. The molecule has 0 saturated carbocycles. The smallest absolute Gasteiger partial charge is 0.227 e. The number of nitrogens with zero attached hydrogens (tertiary/aromatic N) is 7. The lowest BCUT2D eigenvalue weighted by atomic mass is 10.1. The van der Waals surface area contributed by atoms with Gasteiger partial charge in [-0.05, 0) is 32.3 Å². The van der Waals surface area contributed by atoms with E-state index in [1.54, 1.807) is 11.3 Å². The van der Waals surface area contributed by atoms with Crippen LogP contribution in [0, 0.1) is 6.92 Å². The van der Waals surface area contributed by atoms with Crippen LogP contribution < -0.4 is 4.90 Å². The SMILES string of the molecule is CCc1nnc(N2CCN(C(C)c3nccs3)CC2)n1CCCc1cn[nH]c1C. The Labute approximate surface area is 176 Å². The molecule has 1 saturated heterocycles. The van der Waals surface area contributed by atoms with Crippen LogP contribution in [0.25, 0.3) is 0 Å². The molecule has 1 atom stereocenters. The molecule has 1 aliphatic rings. The highest BCUT2D eigenvalue weighted by Gasteiger charge is 2.26. The van der Waals surface area contributed by atoms with E-state index in [4.69, 9.17) is 0 Å². The van der Waals surface area contributed by atoms with Crippen LogP contribution in [-0.4, -0.2) is 61.0 Å². The van der Waals surface area contributed by atoms with E-state index in [1.165, 1.54) is 10.6 Å². The fraction of sp³-hybridized carbons (Fsp3) is 0.600. The quantitative estimate of drug-likeness (QED) is 0.611. The van der Waals surface area contributed by atoms with Crippen LogP contribution in [0.3, 0.4) is 0 Å². The Morgan fingerprint density at radius 1 is 1.21 bits per heavy atom. The third-order valence-electron chi connectivity index (χ3n) is 5.84. The third kappa shape index (κ3) is 4.35. The monoisotopic (exact) mass is 414 g/mol. The van der Waals surface area contributed by atoms with Gasteiger partial charge in [-0.15, -0.1) is 21.5 Å². The summed E-state index contributed by atoms with van der Waals surface area (Å²) in [5.74, 6) is 2.09. The van der Waals surface area contributed by atoms with Gasteiger partial charge in [0.15, 0.2) is 0 Å². The molecule has 0 aromatic carbocycles. The second kappa shape index (κ2) is 9.04. The molecule has 1 aliphatic heterocycles. The summed E-state index contributed by atoms with van der Waals surface area (Å²) in [5.41, 5.74) is 2.46. The van der Waals surface area contributed by atoms with Crippen LogP contribution in [0.2, 0.25) is 0 Å². The standard InChI is InChI=1S/C20H30N8S/c1-4-18-24-25-20(28(18)8-5-6-17-14-22-23-15(17)2)27-11-9-26(10-12-27)16(3)19-21-7-13-29-19/h7,13-14,16H,4-6,8-12H2,1-3H3,(H,22,23). The van der Waals surface area contributed by atoms with Gasteiger partial charge in [0.25, 0.3) is 0 Å². The molecule has 1 N–H and O–H groups in total. The average molecular weight is 415 g/mol. The van der Waals surface area contributed by atoms with Gasteiger partial charge in [-0.3, -0.25) is 14.6 Å². The van der Waals surface area contributed by atoms with Crippen LogP contribution in [-0.2, 0) is 19.4 Å². The topological polar surface area (TPSA) is 78.8 Å². The van der Waals surface area contributed by atoms with Crippen LogP contribution in [0.15, 0.2) is 17.8 Å². The van der Waals surface area contributed by atoms with Crippen molar-refractivity contribution in [3.63, 3.8) is 0 Å². The van der Waals surface area contributed by atoms with Gasteiger partial charge in [0.2, 0.25) is 5.95 Å². The summed E-state index contributed by atoms with van der Waals surface area (Å²) in [6.45, 7) is 11.4. The lowest BCUT2D eigenvalue weighted by Gasteiger charge is -2.37. The molecular weight excluding hydrogens is 384 g/mol. The first-order valence-electron chi connectivity index (χ1n) is 10.5. The first-order valence-corrected chi connectivity index (χ1v) is 11.3. The van der Waals surface area contributed by atoms with Gasteiger partial charge in [0.1, 0.15) is 10.8 Å². The molecule has 0 spiro atoms. The number of aryl methyl sites for hydroxylation is 3. The zero-order valence-corrected chi connectivity index (χ0v) is 18.3. The Balaban J connectivity index is 1.38. The van der Waals surface area contributed by atoms with Crippen molar-refractivity contribution in [3.05, 3.63) is 39.9 Å². The van der Waals surface area contributed by atoms with Crippen LogP contribution >= 0.6 is 11.3 Å². The zero-order chi connectivity index (χ0) is 20.2. The van der Waals surface area contributed by atoms with Crippen molar-refractivity contribution in [1.82, 2.24) is 34.8 Å². The minimum atomic E-state index is 0.374. The summed E-state index contributed by atoms with van der Waals surface area (Å²) in [6, 6.07) is 0.374. The number of nitrogens with one attached hydrogen (secondary N) is 1. The molecule has 9 heteroatoms. The van der Waals surface area contributed by atoms with E-state index in [2.05, 4.69) is 65.9 Å². The molecule has 0 bridgehead atoms. The molecule has 29 heavy (non-hydrogen) atoms. The molecule has 156 valence electrons. The molecule has 0 aliphatic carbocycles. The maximum Gasteiger partial charge on any atom is 0.227 e. The second-order valence-corrected chi connectivity index (χ2v) is 8.54. The molecule has 4 rings (SSSR count). The first-order chi connectivity index (χ1) is 14.2. The van der Waals surface area contributed by atoms with E-state index in [0.717, 1.165) is 69.5 Å². The number of anilines is 1. The van der Waals surface area contributed by atoms with E-state index in [9.17, 15) is 0 Å². The number of aromatic nitrogens is 6. The number of hydrogen-bond acceptors (Lipinski definition) is 7. The number of thiazole rings is 1. The molecule has 0 amide bonds. The summed E-state index contributed by atoms with van der Waals surface area (Å²) in [4.78, 5) is 9.39. The van der Waals surface area contributed by atoms with Crippen molar-refractivity contribution in [1.29, 1.82) is 0 Å². The maximum absolute atomic E-state index is 4.56. The van der Waals surface area contributed by atoms with Crippen molar-refractivity contribution in [3.8, 4) is 0 Å². The van der Waals surface area contributed by atoms with E-state index in [1.807, 2.05) is 12.4 Å². The maximum atomic E-state index is 4.56. The third-order valence-corrected chi connectivity index (χ3v) is 6.79. The molecular formula is C20H30N8S. The predicted molar refractivity (Wildman–Crippen MR) is 115 cm³/mol. The second-order valence-electron chi connectivity index (χ2n) is 7.61. The Bertz CT molecular complexity index is 892. The molecule has 8 nitrogen and oxygen atoms in total. The normalized spacial score (nSPS) is 16.4. The Morgan fingerprint density at radius 2 is 2.03 bits per heavy atom. The summed E-state index contributed by atoms with van der Waals surface area (Å²) in [7, 11) is 0. The number of rotatable bonds is 8. The fourth-order valence-corrected chi connectivity index (χ4v) is 4.74. The molecule has 0 radical (unpaired) electrons. The van der Waals surface area contributed by atoms with Crippen molar-refractivity contribution < 1.29 is 0 Å². The average Bonchev–Trinajstić information content (AvgIpc) is 3.49. The minimum Gasteiger partial charge on any atom is -0.338 e. The van der Waals surface area contributed by atoms with E-state index in [-0.39, 0.29) is 0 Å². The van der Waals surface area contributed by atoms with Gasteiger partial charge < -0.3 is 4.90 Å². The largest absolute Gasteiger partial charge is 0.338 e. The van der Waals surface area contributed by atoms with Crippen molar-refractivity contribution in [2.45, 2.75) is 52.6 Å². The van der Waals surface area contributed by atoms with E-state index < -0.39 is 0 Å². The number of hydrogen-bond donors (Lipinski definition) is 1. The van der Waals surface area contributed by atoms with Gasteiger partial charge in [-0.1, -0.05) is 6.92 Å². The number of aromatic amines is 1. The van der Waals surface area contributed by atoms with Crippen LogP contribution in [0.1, 0.15) is 48.4 Å². The Morgan fingerprint density at radius 3 is 2.69 bits per heavy atom. The van der Waals surface area contributed by atoms with Gasteiger partial charge in [0, 0.05) is 56.4 Å². The van der Waals surface area contributed by atoms with Crippen LogP contribution in [0.5, 0.6) is 0 Å². The summed E-state index contributed by atoms with van der Waals surface area (Å²) < 4.78 is 2.31. The number of H-pyrrole nitrogens is 1. The van der Waals surface area contributed by atoms with E-state index in [0.29, 0.717) is 6.04 Å². The first kappa shape index (κ1) is 20.0. The lowest BCUT2D eigenvalue weighted by Crippen LogP contribution is -2.48.